The van der Waals surface area contributed by atoms with Crippen LogP contribution in [-0.2, 0) is 11.3 Å². The van der Waals surface area contributed by atoms with E-state index in [0.29, 0.717) is 22.9 Å². The van der Waals surface area contributed by atoms with E-state index in [-0.39, 0.29) is 17.2 Å². The molecule has 0 aliphatic carbocycles. The Morgan fingerprint density at radius 1 is 1.19 bits per heavy atom. The fraction of sp³-hybridized carbons (Fsp3) is 0.444. The summed E-state index contributed by atoms with van der Waals surface area (Å²) in [4.78, 5) is 26.4. The first-order valence-corrected chi connectivity index (χ1v) is 9.72. The largest absolute Gasteiger partial charge is 0.348 e. The van der Waals surface area contributed by atoms with Crippen LogP contribution in [0.4, 0.5) is 0 Å². The van der Waals surface area contributed by atoms with E-state index >= 15 is 0 Å². The summed E-state index contributed by atoms with van der Waals surface area (Å²) < 4.78 is 3.58. The van der Waals surface area contributed by atoms with E-state index in [1.54, 1.807) is 23.6 Å². The molecule has 0 N–H and O–H groups in total. The van der Waals surface area contributed by atoms with Crippen LogP contribution in [0.15, 0.2) is 34.2 Å². The van der Waals surface area contributed by atoms with Gasteiger partial charge >= 0.3 is 0 Å². The number of carbonyl (C=O) groups is 1. The molecule has 26 heavy (non-hydrogen) atoms. The molecule has 0 fully saturated rings. The lowest BCUT2D eigenvalue weighted by Gasteiger charge is -2.12. The van der Waals surface area contributed by atoms with Gasteiger partial charge in [0.15, 0.2) is 5.16 Å². The highest BCUT2D eigenvalue weighted by atomic mass is 32.2. The van der Waals surface area contributed by atoms with Crippen LogP contribution in [0.25, 0.3) is 16.7 Å². The number of benzene rings is 1. The van der Waals surface area contributed by atoms with Crippen molar-refractivity contribution in [1.29, 1.82) is 0 Å². The lowest BCUT2D eigenvalue weighted by Crippen LogP contribution is -2.24. The van der Waals surface area contributed by atoms with Crippen LogP contribution in [0.3, 0.4) is 0 Å². The molecule has 0 unspecified atom stereocenters. The van der Waals surface area contributed by atoms with Crippen molar-refractivity contribution in [1.82, 2.24) is 24.1 Å². The Balaban J connectivity index is 2.11. The highest BCUT2D eigenvalue weighted by Crippen LogP contribution is 2.22. The van der Waals surface area contributed by atoms with Crippen molar-refractivity contribution in [3.8, 4) is 0 Å². The Labute approximate surface area is 156 Å². The molecule has 0 saturated carbocycles. The SMILES string of the molecule is CCCCCn1c(=O)c2ccccc2n2c(SCC(=O)N(C)C)nnc12. The molecule has 0 saturated heterocycles. The molecule has 2 heterocycles. The fourth-order valence-electron chi connectivity index (χ4n) is 2.80. The van der Waals surface area contributed by atoms with E-state index in [0.717, 1.165) is 24.8 Å². The first-order chi connectivity index (χ1) is 12.5. The monoisotopic (exact) mass is 373 g/mol. The van der Waals surface area contributed by atoms with Gasteiger partial charge in [-0.25, -0.2) is 0 Å². The number of para-hydroxylation sites is 1. The molecule has 0 spiro atoms. The maximum absolute atomic E-state index is 12.9. The molecular formula is C18H23N5O2S. The molecule has 0 radical (unpaired) electrons. The predicted molar refractivity (Wildman–Crippen MR) is 104 cm³/mol. The molecule has 0 atom stereocenters. The van der Waals surface area contributed by atoms with Crippen LogP contribution in [-0.4, -0.2) is 49.8 Å². The summed E-state index contributed by atoms with van der Waals surface area (Å²) in [5, 5.41) is 9.77. The number of rotatable bonds is 7. The number of hydrogen-bond acceptors (Lipinski definition) is 5. The van der Waals surface area contributed by atoms with Crippen LogP contribution in [0.1, 0.15) is 26.2 Å². The summed E-state index contributed by atoms with van der Waals surface area (Å²) in [5.74, 6) is 0.814. The third kappa shape index (κ3) is 3.46. The van der Waals surface area contributed by atoms with Gasteiger partial charge in [-0.15, -0.1) is 10.2 Å². The number of carbonyl (C=O) groups excluding carboxylic acids is 1. The molecule has 138 valence electrons. The second kappa shape index (κ2) is 7.90. The van der Waals surface area contributed by atoms with Gasteiger partial charge in [-0.2, -0.15) is 0 Å². The average molecular weight is 373 g/mol. The van der Waals surface area contributed by atoms with Crippen LogP contribution < -0.4 is 5.56 Å². The molecule has 8 heteroatoms. The number of amides is 1. The molecule has 0 aliphatic heterocycles. The van der Waals surface area contributed by atoms with E-state index in [1.165, 1.54) is 11.8 Å². The maximum Gasteiger partial charge on any atom is 0.262 e. The van der Waals surface area contributed by atoms with Gasteiger partial charge in [-0.1, -0.05) is 43.7 Å². The fourth-order valence-corrected chi connectivity index (χ4v) is 3.72. The van der Waals surface area contributed by atoms with Gasteiger partial charge in [0.25, 0.3) is 5.56 Å². The number of fused-ring (bicyclic) bond motifs is 3. The first kappa shape index (κ1) is 18.4. The molecule has 1 amide bonds. The van der Waals surface area contributed by atoms with Crippen LogP contribution >= 0.6 is 11.8 Å². The Morgan fingerprint density at radius 2 is 1.96 bits per heavy atom. The van der Waals surface area contributed by atoms with Gasteiger partial charge in [0.1, 0.15) is 0 Å². The number of thioether (sulfide) groups is 1. The third-order valence-corrected chi connectivity index (χ3v) is 5.20. The molecule has 3 rings (SSSR count). The number of hydrogen-bond donors (Lipinski definition) is 0. The minimum Gasteiger partial charge on any atom is -0.348 e. The second-order valence-corrected chi connectivity index (χ2v) is 7.32. The lowest BCUT2D eigenvalue weighted by molar-refractivity contribution is -0.125. The predicted octanol–water partition coefficient (Wildman–Crippen LogP) is 2.41. The van der Waals surface area contributed by atoms with Gasteiger partial charge < -0.3 is 4.90 Å². The van der Waals surface area contributed by atoms with Crippen molar-refractivity contribution in [3.63, 3.8) is 0 Å². The first-order valence-electron chi connectivity index (χ1n) is 8.74. The summed E-state index contributed by atoms with van der Waals surface area (Å²) in [6.45, 7) is 2.74. The Bertz CT molecular complexity index is 992. The minimum atomic E-state index is -0.0440. The Hall–Kier alpha value is -2.35. The van der Waals surface area contributed by atoms with E-state index in [9.17, 15) is 9.59 Å². The molecule has 2 aromatic heterocycles. The second-order valence-electron chi connectivity index (χ2n) is 6.38. The third-order valence-electron chi connectivity index (χ3n) is 4.29. The van der Waals surface area contributed by atoms with Crippen molar-refractivity contribution in [2.24, 2.45) is 0 Å². The smallest absolute Gasteiger partial charge is 0.262 e. The van der Waals surface area contributed by atoms with E-state index < -0.39 is 0 Å². The topological polar surface area (TPSA) is 72.5 Å². The minimum absolute atomic E-state index is 0.00678. The number of aryl methyl sites for hydroxylation is 1. The maximum atomic E-state index is 12.9. The van der Waals surface area contributed by atoms with Crippen molar-refractivity contribution >= 4 is 34.3 Å². The van der Waals surface area contributed by atoms with E-state index in [1.807, 2.05) is 28.7 Å². The summed E-state index contributed by atoms with van der Waals surface area (Å²) >= 11 is 1.33. The molecule has 7 nitrogen and oxygen atoms in total. The normalized spacial score (nSPS) is 11.3. The average Bonchev–Trinajstić information content (AvgIpc) is 3.06. The zero-order valence-electron chi connectivity index (χ0n) is 15.3. The van der Waals surface area contributed by atoms with Gasteiger partial charge in [-0.05, 0) is 18.6 Å². The Morgan fingerprint density at radius 3 is 2.69 bits per heavy atom. The van der Waals surface area contributed by atoms with Gasteiger partial charge in [0.05, 0.1) is 16.7 Å². The Kier molecular flexibility index (Phi) is 5.61. The highest BCUT2D eigenvalue weighted by Gasteiger charge is 2.17. The van der Waals surface area contributed by atoms with Crippen LogP contribution in [0.2, 0.25) is 0 Å². The van der Waals surface area contributed by atoms with Crippen molar-refractivity contribution in [3.05, 3.63) is 34.6 Å². The zero-order valence-corrected chi connectivity index (χ0v) is 16.1. The van der Waals surface area contributed by atoms with Crippen molar-refractivity contribution < 1.29 is 4.79 Å². The van der Waals surface area contributed by atoms with E-state index in [2.05, 4.69) is 17.1 Å². The van der Waals surface area contributed by atoms with Crippen LogP contribution in [0, 0.1) is 0 Å². The molecule has 1 aromatic carbocycles. The highest BCUT2D eigenvalue weighted by molar-refractivity contribution is 7.99. The summed E-state index contributed by atoms with van der Waals surface area (Å²) in [5.41, 5.74) is 0.724. The number of unbranched alkanes of at least 4 members (excludes halogenated alkanes) is 2. The number of nitrogens with zero attached hydrogens (tertiary/aromatic N) is 5. The number of aromatic nitrogens is 4. The van der Waals surface area contributed by atoms with Gasteiger partial charge in [0, 0.05) is 20.6 Å². The van der Waals surface area contributed by atoms with Crippen molar-refractivity contribution in [2.75, 3.05) is 19.8 Å². The zero-order chi connectivity index (χ0) is 18.7. The molecule has 3 aromatic rings. The molecular weight excluding hydrogens is 350 g/mol. The summed E-state index contributed by atoms with van der Waals surface area (Å²) in [6.07, 6.45) is 3.05. The lowest BCUT2D eigenvalue weighted by atomic mass is 10.2. The molecule has 0 aliphatic rings. The van der Waals surface area contributed by atoms with Gasteiger partial charge in [0.2, 0.25) is 11.7 Å². The summed E-state index contributed by atoms with van der Waals surface area (Å²) in [6, 6.07) is 7.47. The van der Waals surface area contributed by atoms with Crippen LogP contribution in [0.5, 0.6) is 0 Å². The quantitative estimate of drug-likeness (QED) is 0.470. The van der Waals surface area contributed by atoms with Gasteiger partial charge in [-0.3, -0.25) is 18.6 Å². The standard InChI is InChI=1S/C18H23N5O2S/c1-4-5-8-11-22-16(25)13-9-6-7-10-14(13)23-17(22)19-20-18(23)26-12-15(24)21(2)3/h6-7,9-10H,4-5,8,11-12H2,1-3H3. The van der Waals surface area contributed by atoms with Crippen molar-refractivity contribution in [2.45, 2.75) is 37.9 Å². The molecule has 0 bridgehead atoms. The van der Waals surface area contributed by atoms with E-state index in [4.69, 9.17) is 0 Å². The summed E-state index contributed by atoms with van der Waals surface area (Å²) in [7, 11) is 3.46.